The standard InChI is InChI=1S/C12H10N4O/c1-7-15-10-4-2-3-9(8-5-13-14-6-8)11(10)12(17)16-7/h2-6H,1H3,(H,13,14)(H,15,16,17). The first-order valence-corrected chi connectivity index (χ1v) is 5.24. The topological polar surface area (TPSA) is 74.4 Å². The van der Waals surface area contributed by atoms with E-state index in [9.17, 15) is 4.79 Å². The van der Waals surface area contributed by atoms with Crippen LogP contribution in [0, 0.1) is 6.92 Å². The van der Waals surface area contributed by atoms with E-state index in [1.54, 1.807) is 19.3 Å². The lowest BCUT2D eigenvalue weighted by atomic mass is 10.0. The van der Waals surface area contributed by atoms with Crippen LogP contribution in [0.4, 0.5) is 0 Å². The maximum atomic E-state index is 12.0. The van der Waals surface area contributed by atoms with Crippen LogP contribution >= 0.6 is 0 Å². The third-order valence-electron chi connectivity index (χ3n) is 2.66. The minimum atomic E-state index is -0.121. The van der Waals surface area contributed by atoms with Crippen LogP contribution in [0.25, 0.3) is 22.0 Å². The lowest BCUT2D eigenvalue weighted by Gasteiger charge is -2.03. The molecule has 0 amide bonds. The molecule has 5 nitrogen and oxygen atoms in total. The largest absolute Gasteiger partial charge is 0.310 e. The molecular formula is C12H10N4O. The number of aromatic amines is 2. The van der Waals surface area contributed by atoms with Gasteiger partial charge in [0.15, 0.2) is 0 Å². The van der Waals surface area contributed by atoms with Gasteiger partial charge in [-0.3, -0.25) is 9.89 Å². The molecule has 0 bridgehead atoms. The van der Waals surface area contributed by atoms with E-state index in [2.05, 4.69) is 20.2 Å². The summed E-state index contributed by atoms with van der Waals surface area (Å²) < 4.78 is 0. The van der Waals surface area contributed by atoms with Crippen LogP contribution in [-0.2, 0) is 0 Å². The van der Waals surface area contributed by atoms with Crippen molar-refractivity contribution in [3.63, 3.8) is 0 Å². The van der Waals surface area contributed by atoms with Crippen molar-refractivity contribution in [2.24, 2.45) is 0 Å². The molecule has 0 unspecified atom stereocenters. The average molecular weight is 226 g/mol. The average Bonchev–Trinajstić information content (AvgIpc) is 2.80. The molecule has 0 radical (unpaired) electrons. The van der Waals surface area contributed by atoms with Gasteiger partial charge < -0.3 is 4.98 Å². The summed E-state index contributed by atoms with van der Waals surface area (Å²) >= 11 is 0. The monoisotopic (exact) mass is 226 g/mol. The molecule has 1 aromatic carbocycles. The zero-order valence-electron chi connectivity index (χ0n) is 9.19. The van der Waals surface area contributed by atoms with E-state index in [-0.39, 0.29) is 5.56 Å². The fourth-order valence-electron chi connectivity index (χ4n) is 1.95. The Morgan fingerprint density at radius 1 is 1.29 bits per heavy atom. The van der Waals surface area contributed by atoms with Gasteiger partial charge >= 0.3 is 0 Å². The Kier molecular flexibility index (Phi) is 2.04. The SMILES string of the molecule is Cc1nc2cccc(-c3cn[nH]c3)c2c(=O)[nH]1. The predicted octanol–water partition coefficient (Wildman–Crippen LogP) is 1.62. The molecule has 17 heavy (non-hydrogen) atoms. The molecule has 3 rings (SSSR count). The first-order chi connectivity index (χ1) is 8.25. The highest BCUT2D eigenvalue weighted by molar-refractivity contribution is 5.93. The van der Waals surface area contributed by atoms with Gasteiger partial charge in [-0.05, 0) is 18.6 Å². The number of hydrogen-bond donors (Lipinski definition) is 2. The lowest BCUT2D eigenvalue weighted by Crippen LogP contribution is -2.10. The number of rotatable bonds is 1. The summed E-state index contributed by atoms with van der Waals surface area (Å²) in [5, 5.41) is 7.23. The molecule has 0 aliphatic heterocycles. The second-order valence-electron chi connectivity index (χ2n) is 3.84. The highest BCUT2D eigenvalue weighted by atomic mass is 16.1. The number of nitrogens with zero attached hydrogens (tertiary/aromatic N) is 2. The van der Waals surface area contributed by atoms with E-state index in [0.29, 0.717) is 16.7 Å². The minimum Gasteiger partial charge on any atom is -0.310 e. The van der Waals surface area contributed by atoms with Gasteiger partial charge in [0.05, 0.1) is 17.1 Å². The van der Waals surface area contributed by atoms with Crippen molar-refractivity contribution in [2.45, 2.75) is 6.92 Å². The van der Waals surface area contributed by atoms with Gasteiger partial charge in [0.2, 0.25) is 0 Å². The van der Waals surface area contributed by atoms with E-state index in [4.69, 9.17) is 0 Å². The predicted molar refractivity (Wildman–Crippen MR) is 64.7 cm³/mol. The maximum Gasteiger partial charge on any atom is 0.259 e. The van der Waals surface area contributed by atoms with Gasteiger partial charge in [-0.1, -0.05) is 12.1 Å². The highest BCUT2D eigenvalue weighted by Gasteiger charge is 2.09. The Balaban J connectivity index is 2.45. The van der Waals surface area contributed by atoms with Crippen LogP contribution in [0.1, 0.15) is 5.82 Å². The number of aromatic nitrogens is 4. The molecule has 0 atom stereocenters. The van der Waals surface area contributed by atoms with Crippen molar-refractivity contribution in [3.05, 3.63) is 46.8 Å². The van der Waals surface area contributed by atoms with Crippen LogP contribution in [0.3, 0.4) is 0 Å². The van der Waals surface area contributed by atoms with Gasteiger partial charge in [0, 0.05) is 11.8 Å². The zero-order valence-corrected chi connectivity index (χ0v) is 9.19. The van der Waals surface area contributed by atoms with Crippen molar-refractivity contribution in [3.8, 4) is 11.1 Å². The first kappa shape index (κ1) is 9.77. The minimum absolute atomic E-state index is 0.121. The molecule has 0 spiro atoms. The van der Waals surface area contributed by atoms with E-state index >= 15 is 0 Å². The summed E-state index contributed by atoms with van der Waals surface area (Å²) in [5.41, 5.74) is 2.30. The van der Waals surface area contributed by atoms with Crippen molar-refractivity contribution < 1.29 is 0 Å². The molecule has 0 fully saturated rings. The molecule has 2 heterocycles. The van der Waals surface area contributed by atoms with Gasteiger partial charge in [0.25, 0.3) is 5.56 Å². The third-order valence-corrected chi connectivity index (χ3v) is 2.66. The Labute approximate surface area is 96.5 Å². The molecule has 3 aromatic rings. The second kappa shape index (κ2) is 3.55. The van der Waals surface area contributed by atoms with Crippen LogP contribution in [0.5, 0.6) is 0 Å². The summed E-state index contributed by atoms with van der Waals surface area (Å²) in [7, 11) is 0. The molecule has 0 aliphatic carbocycles. The van der Waals surface area contributed by atoms with Crippen molar-refractivity contribution in [1.29, 1.82) is 0 Å². The molecule has 0 aliphatic rings. The summed E-state index contributed by atoms with van der Waals surface area (Å²) in [6.07, 6.45) is 3.45. The number of hydrogen-bond acceptors (Lipinski definition) is 3. The summed E-state index contributed by atoms with van der Waals surface area (Å²) in [5.74, 6) is 0.617. The molecule has 84 valence electrons. The number of benzene rings is 1. The number of nitrogens with one attached hydrogen (secondary N) is 2. The fraction of sp³-hybridized carbons (Fsp3) is 0.0833. The number of H-pyrrole nitrogens is 2. The van der Waals surface area contributed by atoms with Crippen LogP contribution in [-0.4, -0.2) is 20.2 Å². The Morgan fingerprint density at radius 3 is 2.94 bits per heavy atom. The molecule has 5 heteroatoms. The lowest BCUT2D eigenvalue weighted by molar-refractivity contribution is 1.06. The molecular weight excluding hydrogens is 216 g/mol. The first-order valence-electron chi connectivity index (χ1n) is 5.24. The quantitative estimate of drug-likeness (QED) is 0.662. The van der Waals surface area contributed by atoms with E-state index in [1.165, 1.54) is 0 Å². The van der Waals surface area contributed by atoms with Crippen molar-refractivity contribution in [2.75, 3.05) is 0 Å². The van der Waals surface area contributed by atoms with E-state index in [1.807, 2.05) is 18.2 Å². The van der Waals surface area contributed by atoms with Gasteiger partial charge in [0.1, 0.15) is 5.82 Å². The zero-order chi connectivity index (χ0) is 11.8. The fourth-order valence-corrected chi connectivity index (χ4v) is 1.95. The summed E-state index contributed by atoms with van der Waals surface area (Å²) in [6.45, 7) is 1.77. The van der Waals surface area contributed by atoms with Gasteiger partial charge in [-0.2, -0.15) is 5.10 Å². The Bertz CT molecular complexity index is 728. The summed E-state index contributed by atoms with van der Waals surface area (Å²) in [6, 6.07) is 5.61. The Hall–Kier alpha value is -2.43. The molecule has 0 saturated carbocycles. The smallest absolute Gasteiger partial charge is 0.259 e. The molecule has 2 aromatic heterocycles. The number of aryl methyl sites for hydroxylation is 1. The van der Waals surface area contributed by atoms with Crippen LogP contribution in [0.15, 0.2) is 35.4 Å². The van der Waals surface area contributed by atoms with Crippen LogP contribution < -0.4 is 5.56 Å². The molecule has 2 N–H and O–H groups in total. The third kappa shape index (κ3) is 1.52. The second-order valence-corrected chi connectivity index (χ2v) is 3.84. The van der Waals surface area contributed by atoms with Crippen molar-refractivity contribution >= 4 is 10.9 Å². The van der Waals surface area contributed by atoms with Crippen LogP contribution in [0.2, 0.25) is 0 Å². The normalized spacial score (nSPS) is 10.9. The molecule has 0 saturated heterocycles. The van der Waals surface area contributed by atoms with E-state index < -0.39 is 0 Å². The summed E-state index contributed by atoms with van der Waals surface area (Å²) in [4.78, 5) is 19.0. The van der Waals surface area contributed by atoms with Crippen molar-refractivity contribution in [1.82, 2.24) is 20.2 Å². The number of fused-ring (bicyclic) bond motifs is 1. The van der Waals surface area contributed by atoms with Gasteiger partial charge in [-0.15, -0.1) is 0 Å². The highest BCUT2D eigenvalue weighted by Crippen LogP contribution is 2.23. The van der Waals surface area contributed by atoms with Gasteiger partial charge in [-0.25, -0.2) is 4.98 Å². The Morgan fingerprint density at radius 2 is 2.18 bits per heavy atom. The van der Waals surface area contributed by atoms with E-state index in [0.717, 1.165) is 11.1 Å². The maximum absolute atomic E-state index is 12.0.